The number of para-hydroxylation sites is 2. The van der Waals surface area contributed by atoms with Gasteiger partial charge in [0.1, 0.15) is 16.9 Å². The second-order valence-electron chi connectivity index (χ2n) is 7.92. The quantitative estimate of drug-likeness (QED) is 0.488. The van der Waals surface area contributed by atoms with Gasteiger partial charge in [0.2, 0.25) is 0 Å². The number of aromatic nitrogens is 3. The lowest BCUT2D eigenvalue weighted by molar-refractivity contribution is 0.0366. The molecule has 0 radical (unpaired) electrons. The number of anilines is 1. The topological polar surface area (TPSA) is 98.3 Å². The van der Waals surface area contributed by atoms with Crippen molar-refractivity contribution in [2.24, 2.45) is 0 Å². The van der Waals surface area contributed by atoms with Crippen molar-refractivity contribution in [1.82, 2.24) is 24.8 Å². The van der Waals surface area contributed by atoms with E-state index in [1.54, 1.807) is 0 Å². The summed E-state index contributed by atoms with van der Waals surface area (Å²) in [5.74, 6) is 0.153. The number of nitrogens with one attached hydrogen (secondary N) is 1. The minimum Gasteiger partial charge on any atom is -0.384 e. The summed E-state index contributed by atoms with van der Waals surface area (Å²) in [7, 11) is 0. The number of carbonyl (C=O) groups is 1. The van der Waals surface area contributed by atoms with Crippen LogP contribution in [0.25, 0.3) is 22.2 Å². The number of morpholine rings is 1. The highest BCUT2D eigenvalue weighted by Crippen LogP contribution is 2.28. The Kier molecular flexibility index (Phi) is 5.70. The third-order valence-electron chi connectivity index (χ3n) is 5.86. The number of nitrogen functional groups attached to an aromatic ring is 1. The highest BCUT2D eigenvalue weighted by atomic mass is 16.5. The molecule has 2 aromatic carbocycles. The number of amides is 1. The molecule has 1 fully saturated rings. The average Bonchev–Trinajstić information content (AvgIpc) is 3.11. The lowest BCUT2D eigenvalue weighted by Gasteiger charge is -2.26. The van der Waals surface area contributed by atoms with E-state index in [2.05, 4.69) is 10.2 Å². The lowest BCUT2D eigenvalue weighted by Crippen LogP contribution is -2.38. The van der Waals surface area contributed by atoms with Gasteiger partial charge in [-0.25, -0.2) is 9.97 Å². The Morgan fingerprint density at radius 2 is 1.66 bits per heavy atom. The van der Waals surface area contributed by atoms with Crippen LogP contribution in [0.1, 0.15) is 15.9 Å². The van der Waals surface area contributed by atoms with E-state index in [1.165, 1.54) is 0 Å². The molecule has 4 aromatic rings. The third kappa shape index (κ3) is 4.02. The number of hydrogen-bond donors (Lipinski definition) is 2. The lowest BCUT2D eigenvalue weighted by atomic mass is 10.2. The van der Waals surface area contributed by atoms with Crippen LogP contribution in [0.3, 0.4) is 0 Å². The second-order valence-corrected chi connectivity index (χ2v) is 7.92. The first kappa shape index (κ1) is 20.4. The Morgan fingerprint density at radius 3 is 2.41 bits per heavy atom. The fourth-order valence-electron chi connectivity index (χ4n) is 4.10. The Hall–Kier alpha value is -3.49. The first-order valence-corrected chi connectivity index (χ1v) is 10.9. The Morgan fingerprint density at radius 1 is 0.969 bits per heavy atom. The molecule has 0 bridgehead atoms. The minimum atomic E-state index is -0.244. The number of fused-ring (bicyclic) bond motifs is 2. The predicted octanol–water partition coefficient (Wildman–Crippen LogP) is 2.43. The van der Waals surface area contributed by atoms with E-state index in [1.807, 2.05) is 59.2 Å². The number of nitrogens with two attached hydrogens (primary N) is 1. The number of ether oxygens (including phenoxy) is 1. The van der Waals surface area contributed by atoms with Crippen molar-refractivity contribution in [1.29, 1.82) is 0 Å². The normalized spacial score (nSPS) is 14.8. The minimum absolute atomic E-state index is 0.244. The van der Waals surface area contributed by atoms with Gasteiger partial charge in [0, 0.05) is 32.7 Å². The van der Waals surface area contributed by atoms with E-state index >= 15 is 0 Å². The van der Waals surface area contributed by atoms with E-state index in [9.17, 15) is 4.79 Å². The fourth-order valence-corrected chi connectivity index (χ4v) is 4.10. The highest BCUT2D eigenvalue weighted by molar-refractivity contribution is 6.10. The van der Waals surface area contributed by atoms with Crippen LogP contribution in [0.2, 0.25) is 0 Å². The molecule has 8 heteroatoms. The molecule has 1 aliphatic rings. The molecule has 8 nitrogen and oxygen atoms in total. The van der Waals surface area contributed by atoms with Gasteiger partial charge >= 0.3 is 0 Å². The van der Waals surface area contributed by atoms with Crippen LogP contribution in [0.15, 0.2) is 54.6 Å². The van der Waals surface area contributed by atoms with E-state index in [0.717, 1.165) is 49.4 Å². The van der Waals surface area contributed by atoms with Gasteiger partial charge < -0.3 is 20.4 Å². The summed E-state index contributed by atoms with van der Waals surface area (Å²) < 4.78 is 7.36. The average molecular weight is 431 g/mol. The maximum atomic E-state index is 13.2. The van der Waals surface area contributed by atoms with Crippen LogP contribution in [-0.2, 0) is 17.8 Å². The van der Waals surface area contributed by atoms with Crippen LogP contribution in [0, 0.1) is 0 Å². The monoisotopic (exact) mass is 430 g/mol. The zero-order chi connectivity index (χ0) is 21.9. The Balaban J connectivity index is 1.50. The highest BCUT2D eigenvalue weighted by Gasteiger charge is 2.24. The van der Waals surface area contributed by atoms with Gasteiger partial charge in [0.15, 0.2) is 5.65 Å². The molecule has 0 atom stereocenters. The van der Waals surface area contributed by atoms with Gasteiger partial charge in [0.05, 0.1) is 24.2 Å². The van der Waals surface area contributed by atoms with E-state index in [4.69, 9.17) is 20.4 Å². The number of nitrogens with zero attached hydrogens (tertiary/aromatic N) is 4. The van der Waals surface area contributed by atoms with Crippen LogP contribution >= 0.6 is 0 Å². The molecule has 1 saturated heterocycles. The number of rotatable bonds is 6. The van der Waals surface area contributed by atoms with Crippen LogP contribution < -0.4 is 11.1 Å². The van der Waals surface area contributed by atoms with E-state index < -0.39 is 0 Å². The van der Waals surface area contributed by atoms with E-state index in [-0.39, 0.29) is 5.91 Å². The van der Waals surface area contributed by atoms with Crippen molar-refractivity contribution in [2.45, 2.75) is 13.1 Å². The molecule has 164 valence electrons. The van der Waals surface area contributed by atoms with Crippen LogP contribution in [-0.4, -0.2) is 58.2 Å². The number of carbonyl (C=O) groups excluding carboxylic acids is 1. The van der Waals surface area contributed by atoms with Gasteiger partial charge in [-0.2, -0.15) is 0 Å². The second kappa shape index (κ2) is 8.94. The van der Waals surface area contributed by atoms with Crippen LogP contribution in [0.5, 0.6) is 0 Å². The zero-order valence-electron chi connectivity index (χ0n) is 17.8. The molecule has 2 aromatic heterocycles. The molecule has 3 N–H and O–H groups in total. The van der Waals surface area contributed by atoms with E-state index in [0.29, 0.717) is 35.6 Å². The SMILES string of the molecule is Nc1c(C(=O)NCc2ccccc2)c2nc3ccccc3nc2n1CCN1CCOCC1. The van der Waals surface area contributed by atoms with Crippen molar-refractivity contribution < 1.29 is 9.53 Å². The smallest absolute Gasteiger partial charge is 0.257 e. The van der Waals surface area contributed by atoms with Gasteiger partial charge in [-0.15, -0.1) is 0 Å². The summed E-state index contributed by atoms with van der Waals surface area (Å²) in [6.07, 6.45) is 0. The van der Waals surface area contributed by atoms with Gasteiger partial charge in [-0.3, -0.25) is 9.69 Å². The molecule has 5 rings (SSSR count). The third-order valence-corrected chi connectivity index (χ3v) is 5.86. The molecule has 1 amide bonds. The molecule has 0 aliphatic carbocycles. The van der Waals surface area contributed by atoms with Gasteiger partial charge in [-0.05, 0) is 17.7 Å². The largest absolute Gasteiger partial charge is 0.384 e. The Labute approximate surface area is 186 Å². The molecule has 3 heterocycles. The molecule has 1 aliphatic heterocycles. The fraction of sp³-hybridized carbons (Fsp3) is 0.292. The molecule has 0 saturated carbocycles. The molecular formula is C24H26N6O2. The summed E-state index contributed by atoms with van der Waals surface area (Å²) in [5.41, 5.74) is 10.6. The number of benzene rings is 2. The molecule has 0 spiro atoms. The number of hydrogen-bond acceptors (Lipinski definition) is 6. The summed E-state index contributed by atoms with van der Waals surface area (Å²) >= 11 is 0. The van der Waals surface area contributed by atoms with Crippen molar-refractivity contribution in [2.75, 3.05) is 38.6 Å². The molecular weight excluding hydrogens is 404 g/mol. The predicted molar refractivity (Wildman–Crippen MR) is 124 cm³/mol. The first-order valence-electron chi connectivity index (χ1n) is 10.9. The first-order chi connectivity index (χ1) is 15.7. The van der Waals surface area contributed by atoms with Crippen LogP contribution in [0.4, 0.5) is 5.82 Å². The van der Waals surface area contributed by atoms with Crippen molar-refractivity contribution in [3.05, 3.63) is 65.7 Å². The van der Waals surface area contributed by atoms with Gasteiger partial charge in [0.25, 0.3) is 5.91 Å². The Bertz CT molecular complexity index is 1250. The maximum absolute atomic E-state index is 13.2. The summed E-state index contributed by atoms with van der Waals surface area (Å²) in [4.78, 5) is 25.1. The van der Waals surface area contributed by atoms with Crippen molar-refractivity contribution >= 4 is 33.9 Å². The van der Waals surface area contributed by atoms with Crippen molar-refractivity contribution in [3.63, 3.8) is 0 Å². The molecule has 32 heavy (non-hydrogen) atoms. The zero-order valence-corrected chi connectivity index (χ0v) is 17.8. The van der Waals surface area contributed by atoms with Crippen molar-refractivity contribution in [3.8, 4) is 0 Å². The summed E-state index contributed by atoms with van der Waals surface area (Å²) in [6.45, 7) is 5.09. The molecule has 0 unspecified atom stereocenters. The van der Waals surface area contributed by atoms with Gasteiger partial charge in [-0.1, -0.05) is 42.5 Å². The summed E-state index contributed by atoms with van der Waals surface area (Å²) in [5, 5.41) is 2.99. The standard InChI is InChI=1S/C24H26N6O2/c25-22-20(24(31)26-16-17-6-2-1-3-7-17)21-23(28-19-9-5-4-8-18(19)27-21)30(22)11-10-29-12-14-32-15-13-29/h1-9H,10-16,25H2,(H,26,31). The maximum Gasteiger partial charge on any atom is 0.257 e. The summed E-state index contributed by atoms with van der Waals surface area (Å²) in [6, 6.07) is 17.5.